The molecule has 1 aliphatic heterocycles. The van der Waals surface area contributed by atoms with Crippen molar-refractivity contribution >= 4 is 34.3 Å². The fourth-order valence-corrected chi connectivity index (χ4v) is 2.60. The maximum atomic E-state index is 11.6. The van der Waals surface area contributed by atoms with Gasteiger partial charge in [0.1, 0.15) is 9.92 Å². The first-order chi connectivity index (χ1) is 8.28. The molecule has 0 spiro atoms. The topological polar surface area (TPSA) is 32.8 Å². The summed E-state index contributed by atoms with van der Waals surface area (Å²) < 4.78 is 6.05. The Kier molecular flexibility index (Phi) is 5.88. The molecule has 1 saturated heterocycles. The van der Waals surface area contributed by atoms with Crippen molar-refractivity contribution in [3.63, 3.8) is 0 Å². The zero-order chi connectivity index (χ0) is 13.8. The lowest BCUT2D eigenvalue weighted by Gasteiger charge is -2.33. The normalized spacial score (nSPS) is 17.7. The molecule has 0 aromatic carbocycles. The quantitative estimate of drug-likeness (QED) is 0.567. The number of esters is 1. The van der Waals surface area contributed by atoms with E-state index in [4.69, 9.17) is 17.0 Å². The van der Waals surface area contributed by atoms with Crippen LogP contribution in [0.2, 0.25) is 0 Å². The minimum absolute atomic E-state index is 0.205. The summed E-state index contributed by atoms with van der Waals surface area (Å²) >= 11 is 6.73. The van der Waals surface area contributed by atoms with Crippen LogP contribution in [0.3, 0.4) is 0 Å². The van der Waals surface area contributed by atoms with E-state index in [1.54, 1.807) is 0 Å². The first-order valence-corrected chi connectivity index (χ1v) is 7.49. The summed E-state index contributed by atoms with van der Waals surface area (Å²) in [6.45, 7) is 9.53. The predicted octanol–water partition coefficient (Wildman–Crippen LogP) is 1.59. The van der Waals surface area contributed by atoms with Crippen molar-refractivity contribution in [2.24, 2.45) is 0 Å². The maximum Gasteiger partial charge on any atom is 0.316 e. The van der Waals surface area contributed by atoms with Gasteiger partial charge in [-0.15, -0.1) is 0 Å². The number of piperazine rings is 1. The first-order valence-electron chi connectivity index (χ1n) is 6.10. The molecule has 1 aliphatic rings. The number of hydrogen-bond acceptors (Lipinski definition) is 5. The minimum Gasteiger partial charge on any atom is -0.459 e. The zero-order valence-electron chi connectivity index (χ0n) is 11.6. The van der Waals surface area contributed by atoms with Gasteiger partial charge in [0, 0.05) is 26.2 Å². The van der Waals surface area contributed by atoms with Crippen molar-refractivity contribution in [1.29, 1.82) is 0 Å². The number of thioether (sulfide) groups is 1. The number of rotatable bonds is 2. The fourth-order valence-electron chi connectivity index (χ4n) is 1.57. The lowest BCUT2D eigenvalue weighted by atomic mass is 10.2. The number of thiocarbonyl (C=S) groups is 1. The summed E-state index contributed by atoms with van der Waals surface area (Å²) in [6, 6.07) is 0. The van der Waals surface area contributed by atoms with Gasteiger partial charge in [0.25, 0.3) is 0 Å². The molecular weight excluding hydrogens is 268 g/mol. The maximum absolute atomic E-state index is 11.6. The molecule has 6 heteroatoms. The van der Waals surface area contributed by atoms with E-state index >= 15 is 0 Å². The largest absolute Gasteiger partial charge is 0.459 e. The smallest absolute Gasteiger partial charge is 0.316 e. The molecule has 0 amide bonds. The van der Waals surface area contributed by atoms with Crippen molar-refractivity contribution < 1.29 is 9.53 Å². The lowest BCUT2D eigenvalue weighted by molar-refractivity contribution is -0.151. The van der Waals surface area contributed by atoms with Crippen LogP contribution in [-0.2, 0) is 9.53 Å². The van der Waals surface area contributed by atoms with E-state index in [1.165, 1.54) is 11.8 Å². The van der Waals surface area contributed by atoms with E-state index in [1.807, 2.05) is 20.8 Å². The third-order valence-corrected chi connectivity index (χ3v) is 3.99. The van der Waals surface area contributed by atoms with Gasteiger partial charge < -0.3 is 14.5 Å². The Bertz CT molecular complexity index is 308. The molecule has 1 fully saturated rings. The van der Waals surface area contributed by atoms with E-state index in [0.29, 0.717) is 5.75 Å². The van der Waals surface area contributed by atoms with Gasteiger partial charge in [-0.3, -0.25) is 4.79 Å². The summed E-state index contributed by atoms with van der Waals surface area (Å²) in [5, 5.41) is 0. The van der Waals surface area contributed by atoms with Crippen LogP contribution in [0.1, 0.15) is 20.8 Å². The third kappa shape index (κ3) is 6.02. The molecule has 0 aromatic rings. The van der Waals surface area contributed by atoms with Crippen LogP contribution in [0, 0.1) is 0 Å². The second kappa shape index (κ2) is 6.73. The molecule has 4 nitrogen and oxygen atoms in total. The Hall–Kier alpha value is -0.330. The molecule has 1 heterocycles. The van der Waals surface area contributed by atoms with Crippen LogP contribution >= 0.6 is 24.0 Å². The van der Waals surface area contributed by atoms with E-state index < -0.39 is 5.60 Å². The standard InChI is InChI=1S/C12H22N2O2S2/c1-12(2,3)16-10(15)9-18-11(17)14-7-5-13(4)6-8-14/h5-9H2,1-4H3. The van der Waals surface area contributed by atoms with Crippen LogP contribution < -0.4 is 0 Å². The summed E-state index contributed by atoms with van der Waals surface area (Å²) in [7, 11) is 2.11. The number of hydrogen-bond donors (Lipinski definition) is 0. The highest BCUT2D eigenvalue weighted by molar-refractivity contribution is 8.23. The number of likely N-dealkylation sites (N-methyl/N-ethyl adjacent to an activating group) is 1. The van der Waals surface area contributed by atoms with Crippen molar-refractivity contribution in [2.75, 3.05) is 39.0 Å². The molecule has 0 N–H and O–H groups in total. The molecule has 0 saturated carbocycles. The monoisotopic (exact) mass is 290 g/mol. The van der Waals surface area contributed by atoms with E-state index in [0.717, 1.165) is 30.5 Å². The molecule has 1 rings (SSSR count). The van der Waals surface area contributed by atoms with E-state index in [2.05, 4.69) is 16.8 Å². The van der Waals surface area contributed by atoms with Gasteiger partial charge in [-0.1, -0.05) is 24.0 Å². The van der Waals surface area contributed by atoms with Gasteiger partial charge in [0.2, 0.25) is 0 Å². The van der Waals surface area contributed by atoms with Gasteiger partial charge in [-0.25, -0.2) is 0 Å². The Labute approximate surface area is 119 Å². The third-order valence-electron chi connectivity index (χ3n) is 2.49. The second-order valence-electron chi connectivity index (χ2n) is 5.43. The number of ether oxygens (including phenoxy) is 1. The molecule has 0 unspecified atom stereocenters. The molecule has 0 radical (unpaired) electrons. The summed E-state index contributed by atoms with van der Waals surface area (Å²) in [5.41, 5.74) is -0.424. The average molecular weight is 290 g/mol. The van der Waals surface area contributed by atoms with Crippen LogP contribution in [0.25, 0.3) is 0 Å². The van der Waals surface area contributed by atoms with Crippen molar-refractivity contribution in [3.05, 3.63) is 0 Å². The Morgan fingerprint density at radius 3 is 2.33 bits per heavy atom. The van der Waals surface area contributed by atoms with Crippen LogP contribution in [0.4, 0.5) is 0 Å². The van der Waals surface area contributed by atoms with Crippen molar-refractivity contribution in [1.82, 2.24) is 9.80 Å². The Morgan fingerprint density at radius 1 is 1.28 bits per heavy atom. The zero-order valence-corrected chi connectivity index (χ0v) is 13.2. The van der Waals surface area contributed by atoms with Crippen molar-refractivity contribution in [2.45, 2.75) is 26.4 Å². The minimum atomic E-state index is -0.424. The van der Waals surface area contributed by atoms with Crippen molar-refractivity contribution in [3.8, 4) is 0 Å². The second-order valence-corrected chi connectivity index (χ2v) is 7.04. The highest BCUT2D eigenvalue weighted by Gasteiger charge is 2.20. The highest BCUT2D eigenvalue weighted by Crippen LogP contribution is 2.14. The lowest BCUT2D eigenvalue weighted by Crippen LogP contribution is -2.46. The first kappa shape index (κ1) is 15.7. The van der Waals surface area contributed by atoms with Crippen LogP contribution in [0.15, 0.2) is 0 Å². The number of carbonyl (C=O) groups is 1. The van der Waals surface area contributed by atoms with Gasteiger partial charge in [-0.2, -0.15) is 0 Å². The highest BCUT2D eigenvalue weighted by atomic mass is 32.2. The van der Waals surface area contributed by atoms with E-state index in [-0.39, 0.29) is 5.97 Å². The number of nitrogens with zero attached hydrogens (tertiary/aromatic N) is 2. The summed E-state index contributed by atoms with van der Waals surface area (Å²) in [6.07, 6.45) is 0. The van der Waals surface area contributed by atoms with Gasteiger partial charge >= 0.3 is 5.97 Å². The molecule has 18 heavy (non-hydrogen) atoms. The Morgan fingerprint density at radius 2 is 1.83 bits per heavy atom. The van der Waals surface area contributed by atoms with Gasteiger partial charge in [-0.05, 0) is 27.8 Å². The summed E-state index contributed by atoms with van der Waals surface area (Å²) in [5.74, 6) is 0.0894. The molecular formula is C12H22N2O2S2. The summed E-state index contributed by atoms with van der Waals surface area (Å²) in [4.78, 5) is 16.0. The molecule has 104 valence electrons. The molecule has 0 aromatic heterocycles. The predicted molar refractivity (Wildman–Crippen MR) is 80.0 cm³/mol. The number of carbonyl (C=O) groups excluding carboxylic acids is 1. The molecule has 0 atom stereocenters. The van der Waals surface area contributed by atoms with Crippen LogP contribution in [0.5, 0.6) is 0 Å². The Balaban J connectivity index is 2.27. The van der Waals surface area contributed by atoms with Gasteiger partial charge in [0.15, 0.2) is 0 Å². The fraction of sp³-hybridized carbons (Fsp3) is 0.833. The molecule has 0 bridgehead atoms. The average Bonchev–Trinajstić information content (AvgIpc) is 2.24. The SMILES string of the molecule is CN1CCN(C(=S)SCC(=O)OC(C)(C)C)CC1. The molecule has 0 aliphatic carbocycles. The van der Waals surface area contributed by atoms with Crippen LogP contribution in [-0.4, -0.2) is 64.7 Å². The van der Waals surface area contributed by atoms with E-state index in [9.17, 15) is 4.79 Å². The van der Waals surface area contributed by atoms with Gasteiger partial charge in [0.05, 0.1) is 5.75 Å².